The summed E-state index contributed by atoms with van der Waals surface area (Å²) in [7, 11) is 0. The Hall–Kier alpha value is -0.554. The van der Waals surface area contributed by atoms with Gasteiger partial charge in [0, 0.05) is 0 Å². The third kappa shape index (κ3) is 1.39. The molecule has 0 bridgehead atoms. The van der Waals surface area contributed by atoms with E-state index in [0.29, 0.717) is 0 Å². The number of rotatable bonds is 1. The third-order valence-corrected chi connectivity index (χ3v) is 2.65. The maximum absolute atomic E-state index is 11.1. The summed E-state index contributed by atoms with van der Waals surface area (Å²) in [5.74, 6) is 0.448. The summed E-state index contributed by atoms with van der Waals surface area (Å²) in [6.07, 6.45) is 0.202. The summed E-state index contributed by atoms with van der Waals surface area (Å²) in [6, 6.07) is 0. The first kappa shape index (κ1) is 8.54. The van der Waals surface area contributed by atoms with E-state index in [0.717, 1.165) is 3.95 Å². The summed E-state index contributed by atoms with van der Waals surface area (Å²) in [5, 5.41) is 0. The van der Waals surface area contributed by atoms with Crippen LogP contribution in [-0.4, -0.2) is 15.8 Å². The van der Waals surface area contributed by atoms with E-state index in [4.69, 9.17) is 0 Å². The molecule has 0 radical (unpaired) electrons. The van der Waals surface area contributed by atoms with Crippen molar-refractivity contribution in [3.05, 3.63) is 0 Å². The van der Waals surface area contributed by atoms with Crippen LogP contribution >= 0.6 is 0 Å². The molecule has 0 aromatic rings. The molecule has 1 saturated heterocycles. The minimum absolute atomic E-state index is 0.202. The first-order valence-corrected chi connectivity index (χ1v) is 5.03. The molecule has 0 spiro atoms. The van der Waals surface area contributed by atoms with E-state index < -0.39 is 13.8 Å². The van der Waals surface area contributed by atoms with Gasteiger partial charge >= 0.3 is 68.1 Å². The second-order valence-corrected chi connectivity index (χ2v) is 3.99. The van der Waals surface area contributed by atoms with E-state index in [1.165, 1.54) is 5.86 Å². The van der Waals surface area contributed by atoms with Crippen LogP contribution in [0, 0.1) is 5.92 Å². The van der Waals surface area contributed by atoms with Gasteiger partial charge in [0.05, 0.1) is 0 Å². The van der Waals surface area contributed by atoms with Crippen molar-refractivity contribution in [1.82, 2.24) is 3.95 Å². The molecule has 0 aliphatic carbocycles. The molecular formula is C6H9CoNO3. The zero-order chi connectivity index (χ0) is 8.59. The van der Waals surface area contributed by atoms with E-state index in [1.54, 1.807) is 6.92 Å². The van der Waals surface area contributed by atoms with E-state index in [2.05, 4.69) is 0 Å². The molecule has 1 aliphatic rings. The predicted molar refractivity (Wildman–Crippen MR) is 32.2 cm³/mol. The van der Waals surface area contributed by atoms with Crippen LogP contribution in [0.4, 0.5) is 0 Å². The van der Waals surface area contributed by atoms with Gasteiger partial charge in [0.1, 0.15) is 0 Å². The second kappa shape index (κ2) is 2.82. The molecule has 11 heavy (non-hydrogen) atoms. The van der Waals surface area contributed by atoms with Crippen LogP contribution in [0.15, 0.2) is 0 Å². The molecule has 0 aromatic heterocycles. The van der Waals surface area contributed by atoms with Crippen LogP contribution in [0.2, 0.25) is 5.86 Å². The van der Waals surface area contributed by atoms with Gasteiger partial charge in [-0.3, -0.25) is 0 Å². The standard InChI is InChI=1S/C5H7NO2.CH3.Co.O/c1-3-2-4(7)6-5(3)8;;;/h3H,2H2,1H3,(H,6,7,8);1H3;;/q;;+1;/p-1. The van der Waals surface area contributed by atoms with Gasteiger partial charge < -0.3 is 0 Å². The van der Waals surface area contributed by atoms with E-state index in [9.17, 15) is 13.5 Å². The zero-order valence-corrected chi connectivity index (χ0v) is 7.33. The molecule has 0 saturated carbocycles. The Bertz CT molecular complexity index is 238. The van der Waals surface area contributed by atoms with Gasteiger partial charge in [0.2, 0.25) is 0 Å². The Labute approximate surface area is 68.7 Å². The van der Waals surface area contributed by atoms with Crippen LogP contribution in [0.25, 0.3) is 0 Å². The fourth-order valence-corrected chi connectivity index (χ4v) is 1.97. The second-order valence-electron chi connectivity index (χ2n) is 2.44. The third-order valence-electron chi connectivity index (χ3n) is 1.50. The molecule has 1 heterocycles. The van der Waals surface area contributed by atoms with Crippen molar-refractivity contribution in [2.45, 2.75) is 19.2 Å². The average Bonchev–Trinajstić information content (AvgIpc) is 2.07. The molecule has 1 unspecified atom stereocenters. The average molecular weight is 202 g/mol. The van der Waals surface area contributed by atoms with Gasteiger partial charge in [-0.05, 0) is 0 Å². The van der Waals surface area contributed by atoms with Crippen LogP contribution < -0.4 is 0 Å². The monoisotopic (exact) mass is 202 g/mol. The van der Waals surface area contributed by atoms with Gasteiger partial charge in [-0.2, -0.15) is 0 Å². The van der Waals surface area contributed by atoms with Crippen molar-refractivity contribution in [2.24, 2.45) is 5.92 Å². The van der Waals surface area contributed by atoms with Crippen LogP contribution in [0.5, 0.6) is 0 Å². The van der Waals surface area contributed by atoms with Crippen molar-refractivity contribution in [3.8, 4) is 0 Å². The summed E-state index contributed by atoms with van der Waals surface area (Å²) >= 11 is -1.80. The molecule has 1 atom stereocenters. The van der Waals surface area contributed by atoms with Gasteiger partial charge in [0.25, 0.3) is 0 Å². The van der Waals surface area contributed by atoms with Gasteiger partial charge in [0.15, 0.2) is 0 Å². The molecule has 0 N–H and O–H groups in total. The molecule has 5 heteroatoms. The quantitative estimate of drug-likeness (QED) is 0.575. The summed E-state index contributed by atoms with van der Waals surface area (Å²) < 4.78 is 11.7. The fraction of sp³-hybridized carbons (Fsp3) is 0.667. The molecule has 0 aromatic carbocycles. The Morgan fingerprint density at radius 3 is 2.27 bits per heavy atom. The molecule has 1 aliphatic heterocycles. The zero-order valence-electron chi connectivity index (χ0n) is 6.29. The van der Waals surface area contributed by atoms with Crippen LogP contribution in [-0.2, 0) is 27.3 Å². The molecule has 1 fully saturated rings. The molecule has 1 rings (SSSR count). The topological polar surface area (TPSA) is 54.5 Å². The number of carbonyl (C=O) groups excluding carboxylic acids is 2. The molecule has 2 amide bonds. The Balaban J connectivity index is 2.88. The van der Waals surface area contributed by atoms with Crippen molar-refractivity contribution >= 4 is 11.8 Å². The first-order valence-electron chi connectivity index (χ1n) is 3.10. The predicted octanol–water partition coefficient (Wildman–Crippen LogP) is 0.308. The molecular weight excluding hydrogens is 193 g/mol. The summed E-state index contributed by atoms with van der Waals surface area (Å²) in [6.45, 7) is 1.67. The number of hydrogen-bond acceptors (Lipinski definition) is 3. The van der Waals surface area contributed by atoms with Crippen LogP contribution in [0.3, 0.4) is 0 Å². The Kier molecular flexibility index (Phi) is 2.19. The van der Waals surface area contributed by atoms with Gasteiger partial charge in [-0.1, -0.05) is 0 Å². The van der Waals surface area contributed by atoms with Gasteiger partial charge in [-0.25, -0.2) is 0 Å². The normalized spacial score (nSPS) is 26.2. The SMILES string of the molecule is CC1CC(=O)[N]([Co]([CH3])=[O])C1=O. The first-order chi connectivity index (χ1) is 5.04. The molecule has 65 valence electrons. The fourth-order valence-electron chi connectivity index (χ4n) is 0.952. The van der Waals surface area contributed by atoms with Crippen molar-refractivity contribution in [3.63, 3.8) is 0 Å². The van der Waals surface area contributed by atoms with Crippen molar-refractivity contribution < 1.29 is 27.3 Å². The number of hydrogen-bond donors (Lipinski definition) is 0. The number of amides is 2. The summed E-state index contributed by atoms with van der Waals surface area (Å²) in [4.78, 5) is 22.0. The van der Waals surface area contributed by atoms with E-state index in [1.807, 2.05) is 0 Å². The number of carbonyl (C=O) groups is 2. The van der Waals surface area contributed by atoms with Crippen LogP contribution in [0.1, 0.15) is 13.3 Å². The van der Waals surface area contributed by atoms with Crippen molar-refractivity contribution in [2.75, 3.05) is 0 Å². The summed E-state index contributed by atoms with van der Waals surface area (Å²) in [5.41, 5.74) is 0. The van der Waals surface area contributed by atoms with Gasteiger partial charge in [-0.15, -0.1) is 0 Å². The van der Waals surface area contributed by atoms with E-state index in [-0.39, 0.29) is 24.2 Å². The number of imide groups is 1. The minimum atomic E-state index is -1.80. The van der Waals surface area contributed by atoms with Crippen molar-refractivity contribution in [1.29, 1.82) is 0 Å². The van der Waals surface area contributed by atoms with E-state index >= 15 is 0 Å². The number of nitrogens with zero attached hydrogens (tertiary/aromatic N) is 1. The Morgan fingerprint density at radius 2 is 2.09 bits per heavy atom. The molecule has 4 nitrogen and oxygen atoms in total. The maximum atomic E-state index is 11.1. The Morgan fingerprint density at radius 1 is 1.55 bits per heavy atom.